The molecule has 194 valence electrons. The second kappa shape index (κ2) is 12.5. The third kappa shape index (κ3) is 6.72. The SMILES string of the molecule is COc1ccc(COC[C@H]2O[C@H](O)[C@H](OC(=O)c3ccccc3)[C@@H](OC(=O)c3ccccc3)[C@H]2O)cc1. The van der Waals surface area contributed by atoms with Gasteiger partial charge in [-0.3, -0.25) is 0 Å². The number of esters is 2. The monoisotopic (exact) mass is 508 g/mol. The van der Waals surface area contributed by atoms with E-state index in [9.17, 15) is 19.8 Å². The van der Waals surface area contributed by atoms with Gasteiger partial charge in [-0.05, 0) is 42.0 Å². The summed E-state index contributed by atoms with van der Waals surface area (Å²) in [6.45, 7) is 0.0799. The molecule has 0 bridgehead atoms. The highest BCUT2D eigenvalue weighted by molar-refractivity contribution is 5.90. The van der Waals surface area contributed by atoms with E-state index < -0.39 is 42.6 Å². The minimum absolute atomic E-state index is 0.122. The van der Waals surface area contributed by atoms with Crippen LogP contribution in [-0.4, -0.2) is 66.6 Å². The van der Waals surface area contributed by atoms with Crippen molar-refractivity contribution < 1.29 is 43.5 Å². The molecule has 0 unspecified atom stereocenters. The summed E-state index contributed by atoms with van der Waals surface area (Å²) < 4.78 is 27.4. The Morgan fingerprint density at radius 3 is 1.86 bits per heavy atom. The van der Waals surface area contributed by atoms with Gasteiger partial charge in [0.1, 0.15) is 18.0 Å². The van der Waals surface area contributed by atoms with Gasteiger partial charge in [0.05, 0.1) is 31.5 Å². The van der Waals surface area contributed by atoms with Crippen LogP contribution in [0.5, 0.6) is 5.75 Å². The molecule has 0 amide bonds. The molecule has 9 heteroatoms. The lowest BCUT2D eigenvalue weighted by Gasteiger charge is -2.41. The molecule has 3 aromatic carbocycles. The lowest BCUT2D eigenvalue weighted by molar-refractivity contribution is -0.287. The Bertz CT molecular complexity index is 1150. The Hall–Kier alpha value is -3.76. The number of benzene rings is 3. The molecule has 9 nitrogen and oxygen atoms in total. The third-order valence-electron chi connectivity index (χ3n) is 5.85. The zero-order valence-electron chi connectivity index (χ0n) is 20.1. The summed E-state index contributed by atoms with van der Waals surface area (Å²) in [5.74, 6) is -0.815. The van der Waals surface area contributed by atoms with Gasteiger partial charge in [0.25, 0.3) is 0 Å². The second-order valence-corrected chi connectivity index (χ2v) is 8.39. The third-order valence-corrected chi connectivity index (χ3v) is 5.85. The minimum atomic E-state index is -1.68. The molecule has 0 radical (unpaired) electrons. The molecule has 1 aliphatic heterocycles. The highest BCUT2D eigenvalue weighted by atomic mass is 16.7. The molecule has 0 spiro atoms. The molecule has 5 atom stereocenters. The van der Waals surface area contributed by atoms with Crippen LogP contribution in [0.2, 0.25) is 0 Å². The van der Waals surface area contributed by atoms with Crippen LogP contribution in [0.1, 0.15) is 26.3 Å². The molecule has 1 saturated heterocycles. The largest absolute Gasteiger partial charge is 0.497 e. The Labute approximate surface area is 214 Å². The van der Waals surface area contributed by atoms with Gasteiger partial charge in [0.15, 0.2) is 18.5 Å². The molecule has 1 aliphatic rings. The summed E-state index contributed by atoms with van der Waals surface area (Å²) in [4.78, 5) is 25.5. The fourth-order valence-corrected chi connectivity index (χ4v) is 3.85. The van der Waals surface area contributed by atoms with Crippen molar-refractivity contribution in [2.75, 3.05) is 13.7 Å². The van der Waals surface area contributed by atoms with Crippen molar-refractivity contribution in [3.05, 3.63) is 102 Å². The summed E-state index contributed by atoms with van der Waals surface area (Å²) in [5.41, 5.74) is 1.31. The molecule has 2 N–H and O–H groups in total. The summed E-state index contributed by atoms with van der Waals surface area (Å²) in [7, 11) is 1.57. The standard InChI is InChI=1S/C28H28O9/c1-33-21-14-12-18(13-15-21)16-34-17-22-23(29)24(36-26(30)19-8-4-2-5-9-19)25(28(32)35-22)37-27(31)20-10-6-3-7-11-20/h2-15,22-25,28-29,32H,16-17H2,1H3/t22-,23+,24+,25-,28+/m1/s1. The molecule has 37 heavy (non-hydrogen) atoms. The fraction of sp³-hybridized carbons (Fsp3) is 0.286. The maximum atomic E-state index is 12.8. The Balaban J connectivity index is 1.47. The summed E-state index contributed by atoms with van der Waals surface area (Å²) in [5, 5.41) is 21.8. The number of rotatable bonds is 9. The molecule has 0 aliphatic carbocycles. The van der Waals surface area contributed by atoms with E-state index in [1.165, 1.54) is 12.1 Å². The zero-order valence-corrected chi connectivity index (χ0v) is 20.1. The van der Waals surface area contributed by atoms with E-state index in [0.29, 0.717) is 5.75 Å². The van der Waals surface area contributed by atoms with Gasteiger partial charge >= 0.3 is 11.9 Å². The molecule has 1 fully saturated rings. The normalized spacial score (nSPS) is 23.2. The van der Waals surface area contributed by atoms with Crippen molar-refractivity contribution in [3.8, 4) is 5.75 Å². The Morgan fingerprint density at radius 1 is 0.784 bits per heavy atom. The summed E-state index contributed by atoms with van der Waals surface area (Å²) in [6.07, 6.45) is -7.10. The van der Waals surface area contributed by atoms with Crippen LogP contribution in [0.4, 0.5) is 0 Å². The van der Waals surface area contributed by atoms with E-state index in [4.69, 9.17) is 23.7 Å². The van der Waals surface area contributed by atoms with Crippen LogP contribution >= 0.6 is 0 Å². The predicted molar refractivity (Wildman–Crippen MR) is 131 cm³/mol. The first kappa shape index (κ1) is 26.3. The van der Waals surface area contributed by atoms with Gasteiger partial charge in [0, 0.05) is 0 Å². The predicted octanol–water partition coefficient (Wildman–Crippen LogP) is 2.74. The van der Waals surface area contributed by atoms with Gasteiger partial charge < -0.3 is 33.9 Å². The van der Waals surface area contributed by atoms with E-state index in [-0.39, 0.29) is 24.3 Å². The van der Waals surface area contributed by atoms with E-state index in [1.807, 2.05) is 12.1 Å². The first-order valence-electron chi connectivity index (χ1n) is 11.7. The van der Waals surface area contributed by atoms with Crippen molar-refractivity contribution in [1.29, 1.82) is 0 Å². The first-order valence-corrected chi connectivity index (χ1v) is 11.7. The summed E-state index contributed by atoms with van der Waals surface area (Å²) in [6, 6.07) is 23.5. The molecular formula is C28H28O9. The van der Waals surface area contributed by atoms with E-state index in [0.717, 1.165) is 5.56 Å². The Morgan fingerprint density at radius 2 is 1.32 bits per heavy atom. The molecule has 0 aromatic heterocycles. The maximum absolute atomic E-state index is 12.8. The van der Waals surface area contributed by atoms with Crippen LogP contribution in [0.15, 0.2) is 84.9 Å². The highest BCUT2D eigenvalue weighted by Gasteiger charge is 2.49. The average Bonchev–Trinajstić information content (AvgIpc) is 2.94. The van der Waals surface area contributed by atoms with Crippen molar-refractivity contribution in [2.45, 2.75) is 37.3 Å². The van der Waals surface area contributed by atoms with E-state index in [2.05, 4.69) is 0 Å². The maximum Gasteiger partial charge on any atom is 0.338 e. The average molecular weight is 509 g/mol. The minimum Gasteiger partial charge on any atom is -0.497 e. The van der Waals surface area contributed by atoms with E-state index >= 15 is 0 Å². The van der Waals surface area contributed by atoms with Gasteiger partial charge in [-0.1, -0.05) is 48.5 Å². The van der Waals surface area contributed by atoms with Gasteiger partial charge in [-0.2, -0.15) is 0 Å². The molecule has 0 saturated carbocycles. The molecule has 1 heterocycles. The van der Waals surface area contributed by atoms with Crippen LogP contribution in [0.3, 0.4) is 0 Å². The molecule has 3 aromatic rings. The van der Waals surface area contributed by atoms with Gasteiger partial charge in [-0.25, -0.2) is 9.59 Å². The highest BCUT2D eigenvalue weighted by Crippen LogP contribution is 2.27. The fourth-order valence-electron chi connectivity index (χ4n) is 3.85. The number of hydrogen-bond acceptors (Lipinski definition) is 9. The van der Waals surface area contributed by atoms with Crippen molar-refractivity contribution >= 4 is 11.9 Å². The number of methoxy groups -OCH3 is 1. The number of carbonyl (C=O) groups excluding carboxylic acids is 2. The number of aliphatic hydroxyl groups is 2. The smallest absolute Gasteiger partial charge is 0.338 e. The number of carbonyl (C=O) groups is 2. The molecule has 4 rings (SSSR count). The topological polar surface area (TPSA) is 121 Å². The first-order chi connectivity index (χ1) is 18.0. The van der Waals surface area contributed by atoms with Crippen molar-refractivity contribution in [1.82, 2.24) is 0 Å². The number of hydrogen-bond donors (Lipinski definition) is 2. The molecular weight excluding hydrogens is 480 g/mol. The number of aliphatic hydroxyl groups excluding tert-OH is 2. The number of ether oxygens (including phenoxy) is 5. The zero-order chi connectivity index (χ0) is 26.2. The second-order valence-electron chi connectivity index (χ2n) is 8.39. The van der Waals surface area contributed by atoms with E-state index in [1.54, 1.807) is 67.8 Å². The summed E-state index contributed by atoms with van der Waals surface area (Å²) >= 11 is 0. The van der Waals surface area contributed by atoms with Crippen molar-refractivity contribution in [3.63, 3.8) is 0 Å². The van der Waals surface area contributed by atoms with Crippen LogP contribution < -0.4 is 4.74 Å². The van der Waals surface area contributed by atoms with Crippen LogP contribution in [-0.2, 0) is 25.6 Å². The van der Waals surface area contributed by atoms with Crippen LogP contribution in [0, 0.1) is 0 Å². The Kier molecular flexibility index (Phi) is 8.86. The lowest BCUT2D eigenvalue weighted by Crippen LogP contribution is -2.61. The van der Waals surface area contributed by atoms with Crippen molar-refractivity contribution in [2.24, 2.45) is 0 Å². The van der Waals surface area contributed by atoms with Gasteiger partial charge in [-0.15, -0.1) is 0 Å². The van der Waals surface area contributed by atoms with Crippen LogP contribution in [0.25, 0.3) is 0 Å². The lowest BCUT2D eigenvalue weighted by atomic mass is 9.98. The van der Waals surface area contributed by atoms with Gasteiger partial charge in [0.2, 0.25) is 0 Å². The quantitative estimate of drug-likeness (QED) is 0.420.